The summed E-state index contributed by atoms with van der Waals surface area (Å²) in [5.74, 6) is -2.01. The maximum atomic E-state index is 13.1. The molecule has 5 amide bonds. The molecule has 11 heteroatoms. The summed E-state index contributed by atoms with van der Waals surface area (Å²) in [4.78, 5) is 50.0. The number of hydrogen-bond donors (Lipinski definition) is 3. The number of hydrogen-bond acceptors (Lipinski definition) is 4. The van der Waals surface area contributed by atoms with Gasteiger partial charge in [-0.3, -0.25) is 19.3 Å². The fourth-order valence-corrected chi connectivity index (χ4v) is 4.09. The molecule has 1 aromatic rings. The first kappa shape index (κ1) is 22.6. The van der Waals surface area contributed by atoms with Crippen molar-refractivity contribution in [2.75, 3.05) is 17.2 Å². The highest BCUT2D eigenvalue weighted by atomic mass is 19.4. The molecule has 0 radical (unpaired) electrons. The molecule has 1 saturated carbocycles. The predicted octanol–water partition coefficient (Wildman–Crippen LogP) is 3.10. The van der Waals surface area contributed by atoms with Gasteiger partial charge in [0.2, 0.25) is 11.8 Å². The Morgan fingerprint density at radius 2 is 1.90 bits per heavy atom. The summed E-state index contributed by atoms with van der Waals surface area (Å²) >= 11 is 0. The van der Waals surface area contributed by atoms with Crippen molar-refractivity contribution in [2.45, 2.75) is 51.2 Å². The third-order valence-electron chi connectivity index (χ3n) is 5.73. The Morgan fingerprint density at radius 1 is 1.19 bits per heavy atom. The van der Waals surface area contributed by atoms with Crippen molar-refractivity contribution in [3.8, 4) is 0 Å². The summed E-state index contributed by atoms with van der Waals surface area (Å²) in [5, 5.41) is 7.32. The average molecular weight is 440 g/mol. The Kier molecular flexibility index (Phi) is 5.97. The molecule has 2 aliphatic rings. The van der Waals surface area contributed by atoms with Crippen LogP contribution >= 0.6 is 0 Å². The van der Waals surface area contributed by atoms with Crippen LogP contribution in [0.3, 0.4) is 0 Å². The van der Waals surface area contributed by atoms with Gasteiger partial charge >= 0.3 is 12.2 Å². The first-order chi connectivity index (χ1) is 14.4. The molecule has 1 spiro atoms. The van der Waals surface area contributed by atoms with E-state index in [1.54, 1.807) is 0 Å². The lowest BCUT2D eigenvalue weighted by molar-refractivity contribution is -0.137. The number of urea groups is 1. The van der Waals surface area contributed by atoms with E-state index in [0.29, 0.717) is 12.5 Å². The summed E-state index contributed by atoms with van der Waals surface area (Å²) < 4.78 is 39.2. The number of amides is 5. The van der Waals surface area contributed by atoms with Crippen LogP contribution in [0.5, 0.6) is 0 Å². The van der Waals surface area contributed by atoms with Gasteiger partial charge in [-0.25, -0.2) is 4.79 Å². The molecule has 3 rings (SSSR count). The molecule has 0 bridgehead atoms. The van der Waals surface area contributed by atoms with E-state index in [4.69, 9.17) is 0 Å². The van der Waals surface area contributed by atoms with Crippen LogP contribution < -0.4 is 16.0 Å². The topological polar surface area (TPSA) is 108 Å². The van der Waals surface area contributed by atoms with E-state index >= 15 is 0 Å². The number of rotatable bonds is 4. The number of nitrogens with zero attached hydrogens (tertiary/aromatic N) is 1. The van der Waals surface area contributed by atoms with E-state index in [1.807, 2.05) is 6.92 Å². The summed E-state index contributed by atoms with van der Waals surface area (Å²) in [6.45, 7) is 2.37. The van der Waals surface area contributed by atoms with Gasteiger partial charge in [0.25, 0.3) is 5.91 Å². The second-order valence-electron chi connectivity index (χ2n) is 7.93. The summed E-state index contributed by atoms with van der Waals surface area (Å²) in [6, 6.07) is 1.76. The van der Waals surface area contributed by atoms with Gasteiger partial charge in [-0.15, -0.1) is 0 Å². The molecule has 2 unspecified atom stereocenters. The molecule has 2 atom stereocenters. The number of alkyl halides is 3. The fraction of sp³-hybridized carbons (Fsp3) is 0.500. The van der Waals surface area contributed by atoms with Crippen molar-refractivity contribution in [2.24, 2.45) is 5.92 Å². The van der Waals surface area contributed by atoms with Crippen molar-refractivity contribution in [1.29, 1.82) is 0 Å². The molecule has 1 aromatic carbocycles. The van der Waals surface area contributed by atoms with Crippen LogP contribution in [0, 0.1) is 5.92 Å². The number of carbonyl (C=O) groups is 4. The highest BCUT2D eigenvalue weighted by Gasteiger charge is 2.55. The number of anilines is 2. The zero-order valence-electron chi connectivity index (χ0n) is 17.1. The van der Waals surface area contributed by atoms with Crippen LogP contribution in [-0.2, 0) is 20.6 Å². The average Bonchev–Trinajstić information content (AvgIpc) is 2.89. The van der Waals surface area contributed by atoms with Gasteiger partial charge in [-0.1, -0.05) is 19.8 Å². The monoisotopic (exact) mass is 440 g/mol. The second kappa shape index (κ2) is 8.20. The Bertz CT molecular complexity index is 933. The Labute approximate surface area is 176 Å². The molecule has 1 saturated heterocycles. The predicted molar refractivity (Wildman–Crippen MR) is 105 cm³/mol. The maximum Gasteiger partial charge on any atom is 0.416 e. The largest absolute Gasteiger partial charge is 0.416 e. The van der Waals surface area contributed by atoms with Gasteiger partial charge in [0.1, 0.15) is 12.1 Å². The number of benzene rings is 1. The molecule has 0 aromatic heterocycles. The molecule has 31 heavy (non-hydrogen) atoms. The van der Waals surface area contributed by atoms with Crippen LogP contribution in [0.15, 0.2) is 18.2 Å². The van der Waals surface area contributed by atoms with E-state index in [-0.39, 0.29) is 17.3 Å². The number of nitrogens with one attached hydrogen (secondary N) is 3. The Morgan fingerprint density at radius 3 is 2.52 bits per heavy atom. The lowest BCUT2D eigenvalue weighted by Crippen LogP contribution is -2.54. The van der Waals surface area contributed by atoms with Crippen LogP contribution in [0.1, 0.15) is 45.1 Å². The highest BCUT2D eigenvalue weighted by molar-refractivity contribution is 6.10. The SMILES string of the molecule is CC(=O)Nc1ccc(C(F)(F)F)cc1NC(=O)CN1C(=O)NC2(CCCCC2C)C1=O. The van der Waals surface area contributed by atoms with Crippen LogP contribution in [-0.4, -0.2) is 40.7 Å². The van der Waals surface area contributed by atoms with Crippen LogP contribution in [0.4, 0.5) is 29.3 Å². The fourth-order valence-electron chi connectivity index (χ4n) is 4.09. The van der Waals surface area contributed by atoms with Gasteiger partial charge in [0.15, 0.2) is 0 Å². The first-order valence-electron chi connectivity index (χ1n) is 9.87. The summed E-state index contributed by atoms with van der Waals surface area (Å²) in [7, 11) is 0. The van der Waals surface area contributed by atoms with Crippen molar-refractivity contribution in [3.05, 3.63) is 23.8 Å². The van der Waals surface area contributed by atoms with Gasteiger partial charge in [0.05, 0.1) is 16.9 Å². The zero-order valence-corrected chi connectivity index (χ0v) is 17.1. The number of carbonyl (C=O) groups excluding carboxylic acids is 4. The van der Waals surface area contributed by atoms with Gasteiger partial charge in [-0.05, 0) is 37.0 Å². The van der Waals surface area contributed by atoms with Gasteiger partial charge in [-0.2, -0.15) is 13.2 Å². The van der Waals surface area contributed by atoms with Crippen molar-refractivity contribution in [1.82, 2.24) is 10.2 Å². The molecule has 1 aliphatic carbocycles. The van der Waals surface area contributed by atoms with Crippen LogP contribution in [0.2, 0.25) is 0 Å². The summed E-state index contributed by atoms with van der Waals surface area (Å²) in [6.07, 6.45) is -1.73. The van der Waals surface area contributed by atoms with E-state index in [1.165, 1.54) is 6.92 Å². The quantitative estimate of drug-likeness (QED) is 0.626. The standard InChI is InChI=1S/C20H23F3N4O4/c1-11-5-3-4-8-19(11)17(30)27(18(31)26-19)10-16(29)25-15-9-13(20(21,22)23)6-7-14(15)24-12(2)28/h6-7,9,11H,3-5,8,10H2,1-2H3,(H,24,28)(H,25,29)(H,26,31). The zero-order chi connectivity index (χ0) is 23.0. The molecule has 2 fully saturated rings. The molecule has 1 heterocycles. The van der Waals surface area contributed by atoms with Crippen molar-refractivity contribution in [3.63, 3.8) is 0 Å². The van der Waals surface area contributed by atoms with E-state index in [2.05, 4.69) is 16.0 Å². The van der Waals surface area contributed by atoms with E-state index < -0.39 is 47.6 Å². The normalized spacial score (nSPS) is 23.6. The molecular formula is C20H23F3N4O4. The van der Waals surface area contributed by atoms with E-state index in [0.717, 1.165) is 36.3 Å². The highest BCUT2D eigenvalue weighted by Crippen LogP contribution is 2.38. The summed E-state index contributed by atoms with van der Waals surface area (Å²) in [5.41, 5.74) is -2.40. The maximum absolute atomic E-state index is 13.1. The second-order valence-corrected chi connectivity index (χ2v) is 7.93. The number of halogens is 3. The Hall–Kier alpha value is -3.11. The lowest BCUT2D eigenvalue weighted by atomic mass is 9.73. The molecule has 1 aliphatic heterocycles. The smallest absolute Gasteiger partial charge is 0.325 e. The lowest BCUT2D eigenvalue weighted by Gasteiger charge is -2.36. The molecule has 168 valence electrons. The van der Waals surface area contributed by atoms with E-state index in [9.17, 15) is 32.3 Å². The van der Waals surface area contributed by atoms with Gasteiger partial charge < -0.3 is 16.0 Å². The minimum atomic E-state index is -4.66. The minimum absolute atomic E-state index is 0.0385. The first-order valence-corrected chi connectivity index (χ1v) is 9.87. The van der Waals surface area contributed by atoms with Crippen molar-refractivity contribution < 1.29 is 32.3 Å². The minimum Gasteiger partial charge on any atom is -0.325 e. The third kappa shape index (κ3) is 4.49. The van der Waals surface area contributed by atoms with Crippen molar-refractivity contribution >= 4 is 35.1 Å². The van der Waals surface area contributed by atoms with Gasteiger partial charge in [0, 0.05) is 6.92 Å². The molecular weight excluding hydrogens is 417 g/mol. The Balaban J connectivity index is 1.79. The third-order valence-corrected chi connectivity index (χ3v) is 5.73. The molecule has 3 N–H and O–H groups in total. The number of imide groups is 1. The van der Waals surface area contributed by atoms with Crippen LogP contribution in [0.25, 0.3) is 0 Å². The molecule has 8 nitrogen and oxygen atoms in total.